The van der Waals surface area contributed by atoms with Crippen molar-refractivity contribution in [2.45, 2.75) is 45.6 Å². The van der Waals surface area contributed by atoms with E-state index in [4.69, 9.17) is 9.15 Å². The lowest BCUT2D eigenvalue weighted by molar-refractivity contribution is -0.139. The number of benzene rings is 2. The minimum Gasteiger partial charge on any atom is -0.481 e. The maximum atomic E-state index is 13.0. The van der Waals surface area contributed by atoms with E-state index in [9.17, 15) is 4.79 Å². The summed E-state index contributed by atoms with van der Waals surface area (Å²) in [5.74, 6) is 1.63. The van der Waals surface area contributed by atoms with Gasteiger partial charge < -0.3 is 14.1 Å². The zero-order valence-electron chi connectivity index (χ0n) is 16.6. The molecule has 0 spiro atoms. The third-order valence-corrected chi connectivity index (χ3v) is 5.60. The average Bonchev–Trinajstić information content (AvgIpc) is 3.15. The van der Waals surface area contributed by atoms with Crippen LogP contribution < -0.4 is 4.74 Å². The number of likely N-dealkylation sites (tertiary alicyclic amines) is 1. The number of amides is 1. The van der Waals surface area contributed by atoms with Gasteiger partial charge in [0.05, 0.1) is 5.92 Å². The van der Waals surface area contributed by atoms with Gasteiger partial charge in [0.25, 0.3) is 5.91 Å². The summed E-state index contributed by atoms with van der Waals surface area (Å²) in [4.78, 5) is 19.5. The van der Waals surface area contributed by atoms with E-state index in [1.807, 2.05) is 68.1 Å². The average molecular weight is 378 g/mol. The van der Waals surface area contributed by atoms with E-state index in [2.05, 4.69) is 4.98 Å². The normalized spacial score (nSPS) is 18.2. The van der Waals surface area contributed by atoms with E-state index in [0.717, 1.165) is 53.3 Å². The lowest BCUT2D eigenvalue weighted by Gasteiger charge is -2.33. The van der Waals surface area contributed by atoms with Gasteiger partial charge in [0.1, 0.15) is 11.3 Å². The van der Waals surface area contributed by atoms with Crippen LogP contribution in [0.4, 0.5) is 0 Å². The number of carbonyl (C=O) groups is 1. The molecule has 28 heavy (non-hydrogen) atoms. The Labute approximate surface area is 165 Å². The second-order valence-corrected chi connectivity index (χ2v) is 7.60. The number of rotatable bonds is 4. The molecule has 1 aromatic heterocycles. The van der Waals surface area contributed by atoms with Crippen molar-refractivity contribution in [1.82, 2.24) is 9.88 Å². The Morgan fingerprint density at radius 2 is 2.04 bits per heavy atom. The van der Waals surface area contributed by atoms with Crippen LogP contribution in [0.15, 0.2) is 46.9 Å². The fraction of sp³-hybridized carbons (Fsp3) is 0.391. The highest BCUT2D eigenvalue weighted by molar-refractivity contribution is 5.81. The number of nitrogens with zero attached hydrogens (tertiary/aromatic N) is 2. The molecule has 1 saturated heterocycles. The molecular weight excluding hydrogens is 352 g/mol. The topological polar surface area (TPSA) is 55.6 Å². The van der Waals surface area contributed by atoms with Gasteiger partial charge in [-0.05, 0) is 62.9 Å². The van der Waals surface area contributed by atoms with Crippen LogP contribution in [0.3, 0.4) is 0 Å². The molecule has 2 atom stereocenters. The summed E-state index contributed by atoms with van der Waals surface area (Å²) in [6, 6.07) is 13.7. The molecule has 2 unspecified atom stereocenters. The second kappa shape index (κ2) is 7.66. The van der Waals surface area contributed by atoms with E-state index in [0.29, 0.717) is 6.54 Å². The molecule has 2 aromatic carbocycles. The molecule has 0 bridgehead atoms. The van der Waals surface area contributed by atoms with Gasteiger partial charge >= 0.3 is 0 Å². The molecule has 3 aromatic rings. The predicted molar refractivity (Wildman–Crippen MR) is 109 cm³/mol. The first-order valence-electron chi connectivity index (χ1n) is 9.90. The molecule has 1 amide bonds. The number of fused-ring (bicyclic) bond motifs is 1. The molecule has 1 aliphatic heterocycles. The fourth-order valence-corrected chi connectivity index (χ4v) is 3.79. The largest absolute Gasteiger partial charge is 0.481 e. The molecule has 1 aliphatic rings. The van der Waals surface area contributed by atoms with E-state index in [-0.39, 0.29) is 11.8 Å². The van der Waals surface area contributed by atoms with E-state index >= 15 is 0 Å². The number of oxazole rings is 1. The van der Waals surface area contributed by atoms with E-state index < -0.39 is 6.10 Å². The summed E-state index contributed by atoms with van der Waals surface area (Å²) in [7, 11) is 0. The smallest absolute Gasteiger partial charge is 0.263 e. The Hall–Kier alpha value is -2.82. The van der Waals surface area contributed by atoms with Crippen molar-refractivity contribution >= 4 is 17.0 Å². The van der Waals surface area contributed by atoms with E-state index in [1.54, 1.807) is 0 Å². The van der Waals surface area contributed by atoms with Gasteiger partial charge in [-0.2, -0.15) is 0 Å². The summed E-state index contributed by atoms with van der Waals surface area (Å²) >= 11 is 0. The number of carbonyl (C=O) groups excluding carboxylic acids is 1. The first kappa shape index (κ1) is 18.5. The number of ether oxygens (including phenoxy) is 1. The predicted octanol–water partition coefficient (Wildman–Crippen LogP) is 4.62. The molecular formula is C23H26N2O3. The van der Waals surface area contributed by atoms with Crippen molar-refractivity contribution in [1.29, 1.82) is 0 Å². The standard InChI is InChI=1S/C23H26N2O3/c1-15-8-6-12-20(16(15)2)27-17(3)23(26)25-13-7-9-18(14-25)22-24-19-10-4-5-11-21(19)28-22/h4-6,8,10-12,17-18H,7,9,13-14H2,1-3H3. The highest BCUT2D eigenvalue weighted by Crippen LogP contribution is 2.30. The zero-order valence-corrected chi connectivity index (χ0v) is 16.6. The minimum absolute atomic E-state index is 0.0155. The Balaban J connectivity index is 1.46. The molecule has 0 saturated carbocycles. The minimum atomic E-state index is -0.525. The Morgan fingerprint density at radius 3 is 2.86 bits per heavy atom. The van der Waals surface area contributed by atoms with Crippen LogP contribution in [0.1, 0.15) is 42.7 Å². The molecule has 2 heterocycles. The Bertz CT molecular complexity index is 961. The molecule has 146 valence electrons. The molecule has 0 radical (unpaired) electrons. The van der Waals surface area contributed by atoms with Gasteiger partial charge in [-0.3, -0.25) is 4.79 Å². The van der Waals surface area contributed by atoms with Gasteiger partial charge in [-0.25, -0.2) is 4.98 Å². The van der Waals surface area contributed by atoms with Gasteiger partial charge in [0, 0.05) is 13.1 Å². The van der Waals surface area contributed by atoms with Crippen LogP contribution in [0.5, 0.6) is 5.75 Å². The van der Waals surface area contributed by atoms with Crippen molar-refractivity contribution in [3.05, 3.63) is 59.5 Å². The maximum Gasteiger partial charge on any atom is 0.263 e. The first-order valence-corrected chi connectivity index (χ1v) is 9.90. The summed E-state index contributed by atoms with van der Waals surface area (Å²) in [6.07, 6.45) is 1.39. The van der Waals surface area contributed by atoms with Crippen molar-refractivity contribution in [3.8, 4) is 5.75 Å². The lowest BCUT2D eigenvalue weighted by Crippen LogP contribution is -2.45. The van der Waals surface area contributed by atoms with Crippen LogP contribution >= 0.6 is 0 Å². The highest BCUT2D eigenvalue weighted by atomic mass is 16.5. The van der Waals surface area contributed by atoms with Crippen LogP contribution in [-0.2, 0) is 4.79 Å². The second-order valence-electron chi connectivity index (χ2n) is 7.60. The third-order valence-electron chi connectivity index (χ3n) is 5.60. The summed E-state index contributed by atoms with van der Waals surface area (Å²) in [5.41, 5.74) is 3.90. The Morgan fingerprint density at radius 1 is 1.21 bits per heavy atom. The first-order chi connectivity index (χ1) is 13.5. The molecule has 5 nitrogen and oxygen atoms in total. The van der Waals surface area contributed by atoms with Crippen LogP contribution in [0.2, 0.25) is 0 Å². The third kappa shape index (κ3) is 3.61. The maximum absolute atomic E-state index is 13.0. The van der Waals surface area contributed by atoms with Gasteiger partial charge in [-0.15, -0.1) is 0 Å². The highest BCUT2D eigenvalue weighted by Gasteiger charge is 2.31. The SMILES string of the molecule is Cc1cccc(OC(C)C(=O)N2CCCC(c3nc4ccccc4o3)C2)c1C. The van der Waals surface area contributed by atoms with Crippen LogP contribution in [0.25, 0.3) is 11.1 Å². The fourth-order valence-electron chi connectivity index (χ4n) is 3.79. The number of hydrogen-bond donors (Lipinski definition) is 0. The number of piperidine rings is 1. The van der Waals surface area contributed by atoms with Crippen LogP contribution in [-0.4, -0.2) is 35.0 Å². The summed E-state index contributed by atoms with van der Waals surface area (Å²) in [5, 5.41) is 0. The number of para-hydroxylation sites is 2. The lowest BCUT2D eigenvalue weighted by atomic mass is 9.97. The van der Waals surface area contributed by atoms with Gasteiger partial charge in [0.15, 0.2) is 17.6 Å². The molecule has 0 N–H and O–H groups in total. The number of aromatic nitrogens is 1. The van der Waals surface area contributed by atoms with Gasteiger partial charge in [0.2, 0.25) is 0 Å². The molecule has 4 rings (SSSR count). The van der Waals surface area contributed by atoms with Crippen molar-refractivity contribution in [2.75, 3.05) is 13.1 Å². The molecule has 5 heteroatoms. The number of aryl methyl sites for hydroxylation is 1. The summed E-state index contributed by atoms with van der Waals surface area (Å²) < 4.78 is 11.9. The number of hydrogen-bond acceptors (Lipinski definition) is 4. The Kier molecular flexibility index (Phi) is 5.07. The van der Waals surface area contributed by atoms with Crippen LogP contribution in [0, 0.1) is 13.8 Å². The zero-order chi connectivity index (χ0) is 19.7. The van der Waals surface area contributed by atoms with Crippen molar-refractivity contribution in [2.24, 2.45) is 0 Å². The molecule has 0 aliphatic carbocycles. The van der Waals surface area contributed by atoms with Crippen molar-refractivity contribution in [3.63, 3.8) is 0 Å². The molecule has 1 fully saturated rings. The van der Waals surface area contributed by atoms with Gasteiger partial charge in [-0.1, -0.05) is 24.3 Å². The van der Waals surface area contributed by atoms with Crippen molar-refractivity contribution < 1.29 is 13.9 Å². The quantitative estimate of drug-likeness (QED) is 0.665. The monoisotopic (exact) mass is 378 g/mol. The summed E-state index contributed by atoms with van der Waals surface area (Å²) in [6.45, 7) is 7.26. The van der Waals surface area contributed by atoms with E-state index in [1.165, 1.54) is 0 Å².